The second kappa shape index (κ2) is 4.85. The molecule has 0 aliphatic heterocycles. The average molecular weight is 276 g/mol. The van der Waals surface area contributed by atoms with E-state index in [1.807, 2.05) is 0 Å². The topological polar surface area (TPSA) is 35.5 Å². The summed E-state index contributed by atoms with van der Waals surface area (Å²) in [6, 6.07) is 6.33. The molecule has 0 spiro atoms. The van der Waals surface area contributed by atoms with Crippen molar-refractivity contribution in [2.24, 2.45) is 0 Å². The summed E-state index contributed by atoms with van der Waals surface area (Å²) in [5, 5.41) is 0.377. The van der Waals surface area contributed by atoms with E-state index < -0.39 is 6.36 Å². The molecule has 0 radical (unpaired) electrons. The predicted molar refractivity (Wildman–Crippen MR) is 59.4 cm³/mol. The molecule has 1 aromatic carbocycles. The number of carbonyl (C=O) groups excluding carboxylic acids is 1. The van der Waals surface area contributed by atoms with Gasteiger partial charge in [0.25, 0.3) is 6.47 Å². The summed E-state index contributed by atoms with van der Waals surface area (Å²) in [6.07, 6.45) is -4.71. The SMILES string of the molecule is O=COCc1cccc2cc(OC(F)(F)F)sc12. The van der Waals surface area contributed by atoms with Crippen LogP contribution in [0, 0.1) is 0 Å². The lowest BCUT2D eigenvalue weighted by molar-refractivity contribution is -0.273. The monoisotopic (exact) mass is 276 g/mol. The minimum atomic E-state index is -4.71. The van der Waals surface area contributed by atoms with Crippen LogP contribution in [0.4, 0.5) is 13.2 Å². The summed E-state index contributed by atoms with van der Waals surface area (Å²) >= 11 is 0.863. The van der Waals surface area contributed by atoms with Gasteiger partial charge in [-0.15, -0.1) is 13.2 Å². The summed E-state index contributed by atoms with van der Waals surface area (Å²) in [5.41, 5.74) is 0.640. The maximum absolute atomic E-state index is 12.1. The molecular weight excluding hydrogens is 269 g/mol. The summed E-state index contributed by atoms with van der Waals surface area (Å²) in [6.45, 7) is 0.312. The van der Waals surface area contributed by atoms with E-state index in [0.29, 0.717) is 22.1 Å². The second-order valence-electron chi connectivity index (χ2n) is 3.36. The molecule has 7 heteroatoms. The van der Waals surface area contributed by atoms with Crippen molar-refractivity contribution in [1.29, 1.82) is 0 Å². The van der Waals surface area contributed by atoms with E-state index in [0.717, 1.165) is 11.3 Å². The number of halogens is 3. The van der Waals surface area contributed by atoms with Gasteiger partial charge in [0.05, 0.1) is 0 Å². The zero-order chi connectivity index (χ0) is 13.2. The lowest BCUT2D eigenvalue weighted by Crippen LogP contribution is -2.16. The third-order valence-electron chi connectivity index (χ3n) is 2.13. The molecule has 0 unspecified atom stereocenters. The second-order valence-corrected chi connectivity index (χ2v) is 4.37. The van der Waals surface area contributed by atoms with Crippen molar-refractivity contribution in [3.8, 4) is 5.06 Å². The number of hydrogen-bond acceptors (Lipinski definition) is 4. The fraction of sp³-hybridized carbons (Fsp3) is 0.182. The van der Waals surface area contributed by atoms with Gasteiger partial charge in [0.1, 0.15) is 6.61 Å². The van der Waals surface area contributed by atoms with E-state index in [1.54, 1.807) is 18.2 Å². The van der Waals surface area contributed by atoms with E-state index in [9.17, 15) is 18.0 Å². The molecule has 2 rings (SSSR count). The Morgan fingerprint density at radius 2 is 2.11 bits per heavy atom. The Balaban J connectivity index is 2.35. The largest absolute Gasteiger partial charge is 0.573 e. The number of carbonyl (C=O) groups is 1. The van der Waals surface area contributed by atoms with Gasteiger partial charge in [-0.2, -0.15) is 0 Å². The number of benzene rings is 1. The van der Waals surface area contributed by atoms with E-state index in [2.05, 4.69) is 9.47 Å². The Hall–Kier alpha value is -1.76. The molecule has 0 aliphatic carbocycles. The Morgan fingerprint density at radius 1 is 1.33 bits per heavy atom. The Kier molecular flexibility index (Phi) is 3.42. The molecule has 0 saturated carbocycles. The quantitative estimate of drug-likeness (QED) is 0.802. The van der Waals surface area contributed by atoms with Gasteiger partial charge in [0.15, 0.2) is 5.06 Å². The van der Waals surface area contributed by atoms with Gasteiger partial charge < -0.3 is 9.47 Å². The third kappa shape index (κ3) is 2.92. The number of ether oxygens (including phenoxy) is 2. The molecule has 0 atom stereocenters. The van der Waals surface area contributed by atoms with Crippen LogP contribution < -0.4 is 4.74 Å². The third-order valence-corrected chi connectivity index (χ3v) is 3.23. The number of rotatable bonds is 4. The fourth-order valence-corrected chi connectivity index (χ4v) is 2.53. The highest BCUT2D eigenvalue weighted by molar-refractivity contribution is 7.21. The zero-order valence-electron chi connectivity index (χ0n) is 8.86. The molecule has 96 valence electrons. The van der Waals surface area contributed by atoms with Gasteiger partial charge in [0, 0.05) is 10.3 Å². The van der Waals surface area contributed by atoms with E-state index in [-0.39, 0.29) is 11.7 Å². The summed E-state index contributed by atoms with van der Waals surface area (Å²) in [7, 11) is 0. The van der Waals surface area contributed by atoms with Crippen molar-refractivity contribution in [2.45, 2.75) is 13.0 Å². The average Bonchev–Trinajstić information content (AvgIpc) is 2.66. The van der Waals surface area contributed by atoms with Crippen LogP contribution in [0.25, 0.3) is 10.1 Å². The highest BCUT2D eigenvalue weighted by Gasteiger charge is 2.32. The molecule has 0 aliphatic rings. The molecule has 0 fully saturated rings. The van der Waals surface area contributed by atoms with Crippen molar-refractivity contribution in [3.63, 3.8) is 0 Å². The maximum Gasteiger partial charge on any atom is 0.573 e. The van der Waals surface area contributed by atoms with Crippen LogP contribution in [-0.4, -0.2) is 12.8 Å². The van der Waals surface area contributed by atoms with E-state index in [4.69, 9.17) is 0 Å². The van der Waals surface area contributed by atoms with Crippen LogP contribution in [-0.2, 0) is 16.1 Å². The van der Waals surface area contributed by atoms with Crippen molar-refractivity contribution in [2.75, 3.05) is 0 Å². The predicted octanol–water partition coefficient (Wildman–Crippen LogP) is 3.47. The fourth-order valence-electron chi connectivity index (χ4n) is 1.50. The number of thiophene rings is 1. The van der Waals surface area contributed by atoms with Crippen LogP contribution in [0.3, 0.4) is 0 Å². The van der Waals surface area contributed by atoms with Crippen LogP contribution >= 0.6 is 11.3 Å². The van der Waals surface area contributed by atoms with Crippen LogP contribution in [0.5, 0.6) is 5.06 Å². The van der Waals surface area contributed by atoms with Crippen molar-refractivity contribution < 1.29 is 27.4 Å². The van der Waals surface area contributed by atoms with Crippen LogP contribution in [0.2, 0.25) is 0 Å². The number of alkyl halides is 3. The summed E-state index contributed by atoms with van der Waals surface area (Å²) in [5.74, 6) is 0. The maximum atomic E-state index is 12.1. The molecule has 0 saturated heterocycles. The first-order valence-electron chi connectivity index (χ1n) is 4.82. The Bertz CT molecular complexity index is 562. The molecule has 1 aromatic heterocycles. The van der Waals surface area contributed by atoms with Gasteiger partial charge in [-0.3, -0.25) is 4.79 Å². The van der Waals surface area contributed by atoms with Gasteiger partial charge in [-0.25, -0.2) is 0 Å². The van der Waals surface area contributed by atoms with E-state index >= 15 is 0 Å². The molecule has 0 N–H and O–H groups in total. The zero-order valence-corrected chi connectivity index (χ0v) is 9.68. The molecule has 0 amide bonds. The highest BCUT2D eigenvalue weighted by Crippen LogP contribution is 2.37. The van der Waals surface area contributed by atoms with Gasteiger partial charge in [-0.1, -0.05) is 29.5 Å². The first kappa shape index (κ1) is 12.7. The molecule has 18 heavy (non-hydrogen) atoms. The van der Waals surface area contributed by atoms with Crippen molar-refractivity contribution in [3.05, 3.63) is 29.8 Å². The molecular formula is C11H7F3O3S. The first-order valence-corrected chi connectivity index (χ1v) is 5.63. The summed E-state index contributed by atoms with van der Waals surface area (Å²) < 4.78 is 45.3. The normalized spacial score (nSPS) is 11.5. The Morgan fingerprint density at radius 3 is 2.78 bits per heavy atom. The molecule has 2 aromatic rings. The number of fused-ring (bicyclic) bond motifs is 1. The van der Waals surface area contributed by atoms with Crippen LogP contribution in [0.1, 0.15) is 5.56 Å². The molecule has 0 bridgehead atoms. The van der Waals surface area contributed by atoms with Crippen molar-refractivity contribution in [1.82, 2.24) is 0 Å². The van der Waals surface area contributed by atoms with E-state index in [1.165, 1.54) is 6.07 Å². The van der Waals surface area contributed by atoms with Gasteiger partial charge in [0.2, 0.25) is 0 Å². The number of hydrogen-bond donors (Lipinski definition) is 0. The summed E-state index contributed by atoms with van der Waals surface area (Å²) in [4.78, 5) is 10.1. The smallest absolute Gasteiger partial charge is 0.463 e. The first-order chi connectivity index (χ1) is 8.49. The minimum absolute atomic E-state index is 0.0206. The van der Waals surface area contributed by atoms with Crippen LogP contribution in [0.15, 0.2) is 24.3 Å². The minimum Gasteiger partial charge on any atom is -0.463 e. The lowest BCUT2D eigenvalue weighted by atomic mass is 10.2. The highest BCUT2D eigenvalue weighted by atomic mass is 32.1. The molecule has 3 nitrogen and oxygen atoms in total. The molecule has 1 heterocycles. The lowest BCUT2D eigenvalue weighted by Gasteiger charge is -2.04. The van der Waals surface area contributed by atoms with Gasteiger partial charge >= 0.3 is 6.36 Å². The van der Waals surface area contributed by atoms with Gasteiger partial charge in [-0.05, 0) is 11.5 Å². The van der Waals surface area contributed by atoms with Crippen molar-refractivity contribution >= 4 is 27.9 Å². The Labute approximate surface area is 104 Å². The standard InChI is InChI=1S/C11H7F3O3S/c12-11(13,14)17-9-4-7-2-1-3-8(5-16-6-15)10(7)18-9/h1-4,6H,5H2.